The first-order valence-electron chi connectivity index (χ1n) is 4.96. The maximum atomic E-state index is 11.2. The average Bonchev–Trinajstić information content (AvgIpc) is 2.74. The summed E-state index contributed by atoms with van der Waals surface area (Å²) in [5.74, 6) is -2.76. The first-order valence-corrected chi connectivity index (χ1v) is 4.96. The predicted octanol–water partition coefficient (Wildman–Crippen LogP) is 0.397. The molecule has 2 heterocycles. The van der Waals surface area contributed by atoms with E-state index in [1.54, 1.807) is 0 Å². The van der Waals surface area contributed by atoms with Crippen molar-refractivity contribution in [2.45, 2.75) is 19.3 Å². The summed E-state index contributed by atoms with van der Waals surface area (Å²) in [5.41, 5.74) is 0.741. The fraction of sp³-hybridized carbons (Fsp3) is 0.333. The van der Waals surface area contributed by atoms with Crippen molar-refractivity contribution < 1.29 is 33.0 Å². The number of amides is 1. The molecule has 0 aromatic carbocycles. The number of halogens is 3. The summed E-state index contributed by atoms with van der Waals surface area (Å²) in [6.07, 6.45) is -4.83. The zero-order valence-corrected chi connectivity index (χ0v) is 9.64. The Hall–Kier alpha value is -2.59. The summed E-state index contributed by atoms with van der Waals surface area (Å²) in [6.45, 7) is 0.336. The van der Waals surface area contributed by atoms with Crippen LogP contribution in [0.3, 0.4) is 0 Å². The summed E-state index contributed by atoms with van der Waals surface area (Å²) in [7, 11) is 0. The molecule has 0 radical (unpaired) electrons. The first-order chi connectivity index (χ1) is 9.12. The third-order valence-corrected chi connectivity index (χ3v) is 2.24. The normalized spacial score (nSPS) is 13.2. The van der Waals surface area contributed by atoms with E-state index in [2.05, 4.69) is 9.97 Å². The molecule has 0 bridgehead atoms. The van der Waals surface area contributed by atoms with Crippen LogP contribution in [0, 0.1) is 0 Å². The van der Waals surface area contributed by atoms with Gasteiger partial charge in [-0.05, 0) is 0 Å². The number of rotatable bonds is 0. The summed E-state index contributed by atoms with van der Waals surface area (Å²) in [5, 5.41) is 15.8. The highest BCUT2D eigenvalue weighted by atomic mass is 19.4. The van der Waals surface area contributed by atoms with E-state index >= 15 is 0 Å². The molecule has 8 nitrogen and oxygen atoms in total. The molecule has 0 atom stereocenters. The van der Waals surface area contributed by atoms with Gasteiger partial charge in [-0.3, -0.25) is 9.69 Å². The van der Waals surface area contributed by atoms with Crippen molar-refractivity contribution >= 4 is 12.1 Å². The van der Waals surface area contributed by atoms with E-state index in [1.165, 1.54) is 6.33 Å². The van der Waals surface area contributed by atoms with Crippen LogP contribution in [0.1, 0.15) is 11.3 Å². The van der Waals surface area contributed by atoms with E-state index in [-0.39, 0.29) is 18.6 Å². The molecule has 1 aromatic heterocycles. The van der Waals surface area contributed by atoms with Crippen molar-refractivity contribution in [1.82, 2.24) is 14.9 Å². The average molecular weight is 295 g/mol. The van der Waals surface area contributed by atoms with E-state index in [9.17, 15) is 22.8 Å². The topological polar surface area (TPSA) is 124 Å². The van der Waals surface area contributed by atoms with Crippen molar-refractivity contribution in [3.05, 3.63) is 27.9 Å². The zero-order valence-electron chi connectivity index (χ0n) is 9.64. The van der Waals surface area contributed by atoms with Gasteiger partial charge in [0.15, 0.2) is 0 Å². The highest BCUT2D eigenvalue weighted by Gasteiger charge is 2.38. The van der Waals surface area contributed by atoms with Crippen LogP contribution in [0.4, 0.5) is 18.0 Å². The summed E-state index contributed by atoms with van der Waals surface area (Å²) >= 11 is 0. The molecule has 11 heteroatoms. The highest BCUT2D eigenvalue weighted by molar-refractivity contribution is 5.73. The van der Waals surface area contributed by atoms with Crippen LogP contribution in [-0.2, 0) is 17.9 Å². The number of alkyl halides is 3. The largest absolute Gasteiger partial charge is 0.490 e. The third kappa shape index (κ3) is 3.70. The number of nitrogens with zero attached hydrogens (tertiary/aromatic N) is 2. The van der Waals surface area contributed by atoms with Gasteiger partial charge in [-0.2, -0.15) is 13.2 Å². The Labute approximate surface area is 108 Å². The minimum absolute atomic E-state index is 0.133. The lowest BCUT2D eigenvalue weighted by molar-refractivity contribution is -0.192. The number of aromatic amines is 1. The fourth-order valence-electron chi connectivity index (χ4n) is 1.33. The van der Waals surface area contributed by atoms with Crippen LogP contribution in [0.15, 0.2) is 11.1 Å². The van der Waals surface area contributed by atoms with Gasteiger partial charge in [0.25, 0.3) is 5.56 Å². The Bertz CT molecular complexity index is 583. The first kappa shape index (κ1) is 15.5. The lowest BCUT2D eigenvalue weighted by atomic mass is 10.3. The van der Waals surface area contributed by atoms with Gasteiger partial charge >= 0.3 is 18.2 Å². The molecule has 0 saturated heterocycles. The van der Waals surface area contributed by atoms with E-state index in [0.717, 1.165) is 4.90 Å². The van der Waals surface area contributed by atoms with Crippen LogP contribution in [0.2, 0.25) is 0 Å². The minimum Gasteiger partial charge on any atom is -0.475 e. The van der Waals surface area contributed by atoms with Crippen molar-refractivity contribution in [2.75, 3.05) is 0 Å². The molecule has 110 valence electrons. The quantitative estimate of drug-likeness (QED) is 0.636. The Morgan fingerprint density at radius 2 is 1.85 bits per heavy atom. The Morgan fingerprint density at radius 3 is 2.25 bits per heavy atom. The Balaban J connectivity index is 0.000000246. The molecule has 3 N–H and O–H groups in total. The maximum Gasteiger partial charge on any atom is 0.490 e. The highest BCUT2D eigenvalue weighted by Crippen LogP contribution is 2.16. The smallest absolute Gasteiger partial charge is 0.475 e. The van der Waals surface area contributed by atoms with Gasteiger partial charge in [-0.25, -0.2) is 14.6 Å². The van der Waals surface area contributed by atoms with Crippen molar-refractivity contribution in [2.24, 2.45) is 0 Å². The Morgan fingerprint density at radius 1 is 1.30 bits per heavy atom. The lowest BCUT2D eigenvalue weighted by Gasteiger charge is -2.07. The number of H-pyrrole nitrogens is 1. The predicted molar refractivity (Wildman–Crippen MR) is 55.8 cm³/mol. The van der Waals surface area contributed by atoms with Crippen molar-refractivity contribution in [3.63, 3.8) is 0 Å². The molecule has 1 amide bonds. The van der Waals surface area contributed by atoms with Crippen LogP contribution in [0.5, 0.6) is 0 Å². The molecular formula is C9H8F3N3O5. The second kappa shape index (κ2) is 5.59. The van der Waals surface area contributed by atoms with Crippen molar-refractivity contribution in [3.8, 4) is 0 Å². The molecule has 1 aliphatic heterocycles. The Kier molecular flexibility index (Phi) is 4.32. The number of carbonyl (C=O) groups is 2. The fourth-order valence-corrected chi connectivity index (χ4v) is 1.33. The van der Waals surface area contributed by atoms with Gasteiger partial charge in [0.05, 0.1) is 30.7 Å². The summed E-state index contributed by atoms with van der Waals surface area (Å²) in [4.78, 5) is 38.1. The number of hydrogen-bond acceptors (Lipinski definition) is 4. The number of hydrogen-bond donors (Lipinski definition) is 3. The second-order valence-corrected chi connectivity index (χ2v) is 3.60. The van der Waals surface area contributed by atoms with Gasteiger partial charge in [-0.1, -0.05) is 0 Å². The molecule has 0 saturated carbocycles. The molecule has 1 aromatic rings. The summed E-state index contributed by atoms with van der Waals surface area (Å²) < 4.78 is 31.7. The number of carboxylic acids is 1. The van der Waals surface area contributed by atoms with E-state index in [0.29, 0.717) is 11.3 Å². The monoisotopic (exact) mass is 295 g/mol. The SMILES string of the molecule is O=C(O)C(F)(F)F.O=C(O)N1Cc2nc[nH]c(=O)c2C1. The molecular weight excluding hydrogens is 287 g/mol. The van der Waals surface area contributed by atoms with Gasteiger partial charge in [0, 0.05) is 0 Å². The second-order valence-electron chi connectivity index (χ2n) is 3.60. The number of fused-ring (bicyclic) bond motifs is 1. The third-order valence-electron chi connectivity index (χ3n) is 2.24. The van der Waals surface area contributed by atoms with Crippen LogP contribution in [-0.4, -0.2) is 43.3 Å². The van der Waals surface area contributed by atoms with Crippen LogP contribution in [0.25, 0.3) is 0 Å². The molecule has 2 rings (SSSR count). The molecule has 1 aliphatic rings. The van der Waals surface area contributed by atoms with Crippen molar-refractivity contribution in [1.29, 1.82) is 0 Å². The minimum atomic E-state index is -5.08. The lowest BCUT2D eigenvalue weighted by Crippen LogP contribution is -2.23. The molecule has 0 spiro atoms. The molecule has 0 unspecified atom stereocenters. The number of nitrogens with one attached hydrogen (secondary N) is 1. The van der Waals surface area contributed by atoms with Gasteiger partial charge in [0.2, 0.25) is 0 Å². The van der Waals surface area contributed by atoms with E-state index in [1.807, 2.05) is 0 Å². The van der Waals surface area contributed by atoms with Gasteiger partial charge in [0.1, 0.15) is 0 Å². The summed E-state index contributed by atoms with van der Waals surface area (Å²) in [6, 6.07) is 0. The van der Waals surface area contributed by atoms with E-state index < -0.39 is 18.2 Å². The van der Waals surface area contributed by atoms with Gasteiger partial charge in [-0.15, -0.1) is 0 Å². The zero-order chi connectivity index (χ0) is 15.5. The standard InChI is InChI=1S/C7H7N3O3.C2HF3O2/c11-6-4-1-10(7(12)13)2-5(4)8-3-9-6;3-2(4,5)1(6)7/h3H,1-2H2,(H,12,13)(H,8,9,11);(H,6,7). The molecule has 20 heavy (non-hydrogen) atoms. The van der Waals surface area contributed by atoms with E-state index in [4.69, 9.17) is 15.0 Å². The van der Waals surface area contributed by atoms with Crippen LogP contribution < -0.4 is 5.56 Å². The maximum absolute atomic E-state index is 11.2. The molecule has 0 fully saturated rings. The number of carboxylic acid groups (broad SMARTS) is 2. The van der Waals surface area contributed by atoms with Crippen LogP contribution >= 0.6 is 0 Å². The number of aromatic nitrogens is 2. The van der Waals surface area contributed by atoms with Gasteiger partial charge < -0.3 is 15.2 Å². The molecule has 0 aliphatic carbocycles. The number of aliphatic carboxylic acids is 1.